The Kier molecular flexibility index (Phi) is 3.05. The largest absolute Gasteiger partial charge is 0.396 e. The lowest BCUT2D eigenvalue weighted by molar-refractivity contribution is -0.117. The van der Waals surface area contributed by atoms with Crippen molar-refractivity contribution in [1.29, 1.82) is 0 Å². The monoisotopic (exact) mass is 237 g/mol. The van der Waals surface area contributed by atoms with Gasteiger partial charge in [-0.15, -0.1) is 0 Å². The fraction of sp³-hybridized carbons (Fsp3) is 0.455. The second-order valence-corrected chi connectivity index (χ2v) is 4.49. The summed E-state index contributed by atoms with van der Waals surface area (Å²) in [7, 11) is 0. The standard InChI is InChI=1S/C11H15N3OS/c1-7-2-3-9(12)11(13-7)14-5-8(6-16)4-10(14)15/h2-3,8,16H,4-6,12H2,1H3. The molecule has 0 saturated carbocycles. The molecule has 1 amide bonds. The molecule has 1 aromatic heterocycles. The molecule has 16 heavy (non-hydrogen) atoms. The van der Waals surface area contributed by atoms with E-state index in [1.165, 1.54) is 0 Å². The zero-order valence-electron chi connectivity index (χ0n) is 9.18. The van der Waals surface area contributed by atoms with Crippen LogP contribution in [0.4, 0.5) is 11.5 Å². The van der Waals surface area contributed by atoms with E-state index in [2.05, 4.69) is 17.6 Å². The van der Waals surface area contributed by atoms with Crippen molar-refractivity contribution >= 4 is 30.0 Å². The average Bonchev–Trinajstić information content (AvgIpc) is 2.63. The molecule has 1 atom stereocenters. The van der Waals surface area contributed by atoms with Crippen molar-refractivity contribution in [2.45, 2.75) is 13.3 Å². The quantitative estimate of drug-likeness (QED) is 0.761. The van der Waals surface area contributed by atoms with Crippen LogP contribution in [0.1, 0.15) is 12.1 Å². The SMILES string of the molecule is Cc1ccc(N)c(N2CC(CS)CC2=O)n1. The maximum Gasteiger partial charge on any atom is 0.228 e. The lowest BCUT2D eigenvalue weighted by Crippen LogP contribution is -2.26. The van der Waals surface area contributed by atoms with Gasteiger partial charge >= 0.3 is 0 Å². The summed E-state index contributed by atoms with van der Waals surface area (Å²) >= 11 is 4.23. The van der Waals surface area contributed by atoms with E-state index in [0.717, 1.165) is 5.69 Å². The van der Waals surface area contributed by atoms with Gasteiger partial charge in [0.2, 0.25) is 5.91 Å². The highest BCUT2D eigenvalue weighted by molar-refractivity contribution is 7.80. The first kappa shape index (κ1) is 11.3. The lowest BCUT2D eigenvalue weighted by atomic mass is 10.1. The van der Waals surface area contributed by atoms with Crippen molar-refractivity contribution in [1.82, 2.24) is 4.98 Å². The summed E-state index contributed by atoms with van der Waals surface area (Å²) in [6.45, 7) is 2.56. The molecule has 1 unspecified atom stereocenters. The average molecular weight is 237 g/mol. The molecule has 2 N–H and O–H groups in total. The molecule has 86 valence electrons. The minimum Gasteiger partial charge on any atom is -0.396 e. The topological polar surface area (TPSA) is 59.2 Å². The number of carbonyl (C=O) groups excluding carboxylic acids is 1. The van der Waals surface area contributed by atoms with Crippen LogP contribution in [0.5, 0.6) is 0 Å². The molecule has 0 bridgehead atoms. The van der Waals surface area contributed by atoms with Gasteiger partial charge in [0.15, 0.2) is 5.82 Å². The number of pyridine rings is 1. The van der Waals surface area contributed by atoms with Crippen LogP contribution in [-0.4, -0.2) is 23.2 Å². The molecule has 0 aromatic carbocycles. The van der Waals surface area contributed by atoms with Crippen molar-refractivity contribution in [2.24, 2.45) is 5.92 Å². The Labute approximate surface area is 100 Å². The number of thiol groups is 1. The second-order valence-electron chi connectivity index (χ2n) is 4.12. The van der Waals surface area contributed by atoms with Gasteiger partial charge in [0.25, 0.3) is 0 Å². The third-order valence-corrected chi connectivity index (χ3v) is 3.28. The predicted octanol–water partition coefficient (Wildman–Crippen LogP) is 1.25. The van der Waals surface area contributed by atoms with Crippen LogP contribution in [0, 0.1) is 12.8 Å². The minimum absolute atomic E-state index is 0.0869. The van der Waals surface area contributed by atoms with Crippen molar-refractivity contribution in [2.75, 3.05) is 22.9 Å². The van der Waals surface area contributed by atoms with Gasteiger partial charge in [-0.25, -0.2) is 4.98 Å². The molecule has 1 saturated heterocycles. The number of hydrogen-bond donors (Lipinski definition) is 2. The number of aryl methyl sites for hydroxylation is 1. The molecule has 1 aliphatic heterocycles. The highest BCUT2D eigenvalue weighted by Crippen LogP contribution is 2.28. The van der Waals surface area contributed by atoms with E-state index in [9.17, 15) is 4.79 Å². The number of nitrogens with two attached hydrogens (primary N) is 1. The zero-order chi connectivity index (χ0) is 11.7. The summed E-state index contributed by atoms with van der Waals surface area (Å²) in [5.74, 6) is 1.70. The number of anilines is 2. The van der Waals surface area contributed by atoms with Gasteiger partial charge in [-0.05, 0) is 30.7 Å². The molecule has 0 spiro atoms. The lowest BCUT2D eigenvalue weighted by Gasteiger charge is -2.17. The van der Waals surface area contributed by atoms with Gasteiger partial charge in [0.1, 0.15) is 0 Å². The Balaban J connectivity index is 2.30. The number of amides is 1. The van der Waals surface area contributed by atoms with Gasteiger partial charge in [-0.2, -0.15) is 12.6 Å². The van der Waals surface area contributed by atoms with Crippen molar-refractivity contribution in [3.05, 3.63) is 17.8 Å². The number of carbonyl (C=O) groups is 1. The van der Waals surface area contributed by atoms with Crippen molar-refractivity contribution in [3.8, 4) is 0 Å². The predicted molar refractivity (Wildman–Crippen MR) is 67.7 cm³/mol. The summed E-state index contributed by atoms with van der Waals surface area (Å²) in [4.78, 5) is 17.8. The molecule has 1 aromatic rings. The van der Waals surface area contributed by atoms with Crippen molar-refractivity contribution in [3.63, 3.8) is 0 Å². The van der Waals surface area contributed by atoms with E-state index in [1.54, 1.807) is 11.0 Å². The summed E-state index contributed by atoms with van der Waals surface area (Å²) < 4.78 is 0. The molecule has 5 heteroatoms. The third-order valence-electron chi connectivity index (χ3n) is 2.76. The molecule has 2 heterocycles. The maximum absolute atomic E-state index is 11.8. The van der Waals surface area contributed by atoms with E-state index < -0.39 is 0 Å². The number of hydrogen-bond acceptors (Lipinski definition) is 4. The molecule has 4 nitrogen and oxygen atoms in total. The smallest absolute Gasteiger partial charge is 0.228 e. The number of rotatable bonds is 2. The summed E-state index contributed by atoms with van der Waals surface area (Å²) in [6.07, 6.45) is 0.540. The Bertz CT molecular complexity index is 422. The third kappa shape index (κ3) is 2.00. The highest BCUT2D eigenvalue weighted by atomic mass is 32.1. The molecule has 0 radical (unpaired) electrons. The number of nitrogen functional groups attached to an aromatic ring is 1. The van der Waals surface area contributed by atoms with E-state index in [1.807, 2.05) is 13.0 Å². The summed E-state index contributed by atoms with van der Waals surface area (Å²) in [5, 5.41) is 0. The zero-order valence-corrected chi connectivity index (χ0v) is 10.1. The number of nitrogens with zero attached hydrogens (tertiary/aromatic N) is 2. The Morgan fingerprint density at radius 3 is 3.00 bits per heavy atom. The molecule has 2 rings (SSSR count). The summed E-state index contributed by atoms with van der Waals surface area (Å²) in [6, 6.07) is 3.63. The van der Waals surface area contributed by atoms with Crippen LogP contribution < -0.4 is 10.6 Å². The van der Waals surface area contributed by atoms with E-state index >= 15 is 0 Å². The fourth-order valence-electron chi connectivity index (χ4n) is 1.88. The van der Waals surface area contributed by atoms with E-state index in [0.29, 0.717) is 36.1 Å². The molecule has 1 aliphatic rings. The van der Waals surface area contributed by atoms with Gasteiger partial charge in [-0.3, -0.25) is 9.69 Å². The maximum atomic E-state index is 11.8. The number of aromatic nitrogens is 1. The van der Waals surface area contributed by atoms with Crippen LogP contribution in [0.25, 0.3) is 0 Å². The van der Waals surface area contributed by atoms with Gasteiger partial charge in [0.05, 0.1) is 5.69 Å². The van der Waals surface area contributed by atoms with E-state index in [4.69, 9.17) is 5.73 Å². The van der Waals surface area contributed by atoms with Crippen LogP contribution in [0.15, 0.2) is 12.1 Å². The van der Waals surface area contributed by atoms with Crippen molar-refractivity contribution < 1.29 is 4.79 Å². The van der Waals surface area contributed by atoms with Crippen LogP contribution in [0.2, 0.25) is 0 Å². The van der Waals surface area contributed by atoms with Crippen LogP contribution in [0.3, 0.4) is 0 Å². The fourth-order valence-corrected chi connectivity index (χ4v) is 2.12. The Hall–Kier alpha value is -1.23. The molecular weight excluding hydrogens is 222 g/mol. The first-order valence-corrected chi connectivity index (χ1v) is 5.89. The minimum atomic E-state index is 0.0869. The molecular formula is C11H15N3OS. The van der Waals surface area contributed by atoms with Crippen LogP contribution in [-0.2, 0) is 4.79 Å². The van der Waals surface area contributed by atoms with Crippen LogP contribution >= 0.6 is 12.6 Å². The molecule has 1 fully saturated rings. The Morgan fingerprint density at radius 2 is 2.38 bits per heavy atom. The first-order valence-electron chi connectivity index (χ1n) is 5.26. The molecule has 0 aliphatic carbocycles. The highest BCUT2D eigenvalue weighted by Gasteiger charge is 2.31. The van der Waals surface area contributed by atoms with Gasteiger partial charge < -0.3 is 5.73 Å². The normalized spacial score (nSPS) is 20.5. The van der Waals surface area contributed by atoms with Gasteiger partial charge in [-0.1, -0.05) is 0 Å². The van der Waals surface area contributed by atoms with Gasteiger partial charge in [0, 0.05) is 18.7 Å². The first-order chi connectivity index (χ1) is 7.61. The Morgan fingerprint density at radius 1 is 1.62 bits per heavy atom. The van der Waals surface area contributed by atoms with E-state index in [-0.39, 0.29) is 5.91 Å². The summed E-state index contributed by atoms with van der Waals surface area (Å²) in [5.41, 5.74) is 7.26. The second kappa shape index (κ2) is 4.33.